The molecule has 32 heavy (non-hydrogen) atoms. The molecule has 1 aromatic carbocycles. The zero-order valence-electron chi connectivity index (χ0n) is 17.7. The van der Waals surface area contributed by atoms with Gasteiger partial charge in [-0.3, -0.25) is 14.5 Å². The van der Waals surface area contributed by atoms with Crippen molar-refractivity contribution in [2.75, 3.05) is 12.0 Å². The van der Waals surface area contributed by atoms with E-state index < -0.39 is 29.6 Å². The molecule has 2 aliphatic heterocycles. The van der Waals surface area contributed by atoms with Crippen LogP contribution in [0.1, 0.15) is 28.8 Å². The van der Waals surface area contributed by atoms with Gasteiger partial charge in [0.25, 0.3) is 5.91 Å². The summed E-state index contributed by atoms with van der Waals surface area (Å²) in [5, 5.41) is 10.8. The summed E-state index contributed by atoms with van der Waals surface area (Å²) in [4.78, 5) is 35.4. The number of imidazole rings is 1. The smallest absolute Gasteiger partial charge is 0.296 e. The maximum atomic E-state index is 13.6. The van der Waals surface area contributed by atoms with Crippen molar-refractivity contribution in [3.05, 3.63) is 70.6 Å². The number of nitrogens with one attached hydrogen (secondary N) is 1. The van der Waals surface area contributed by atoms with E-state index in [4.69, 9.17) is 13.9 Å². The highest BCUT2D eigenvalue weighted by Crippen LogP contribution is 2.43. The Morgan fingerprint density at radius 1 is 1.28 bits per heavy atom. The van der Waals surface area contributed by atoms with Gasteiger partial charge in [-0.15, -0.1) is 0 Å². The number of H-pyrrole nitrogens is 1. The van der Waals surface area contributed by atoms with Crippen molar-refractivity contribution in [1.82, 2.24) is 9.97 Å². The van der Waals surface area contributed by atoms with Crippen LogP contribution in [0.2, 0.25) is 0 Å². The van der Waals surface area contributed by atoms with Crippen LogP contribution >= 0.6 is 0 Å². The zero-order chi connectivity index (χ0) is 22.6. The molecule has 2 unspecified atom stereocenters. The number of hydrogen-bond acceptors (Lipinski definition) is 7. The van der Waals surface area contributed by atoms with Crippen LogP contribution in [-0.2, 0) is 16.0 Å². The molecule has 0 spiro atoms. The number of fused-ring (bicyclic) bond motifs is 1. The van der Waals surface area contributed by atoms with Crippen molar-refractivity contribution in [2.24, 2.45) is 0 Å². The first kappa shape index (κ1) is 19.9. The van der Waals surface area contributed by atoms with Gasteiger partial charge in [-0.2, -0.15) is 0 Å². The van der Waals surface area contributed by atoms with Crippen molar-refractivity contribution in [2.45, 2.75) is 32.4 Å². The van der Waals surface area contributed by atoms with Crippen LogP contribution in [0, 0.1) is 13.8 Å². The Morgan fingerprint density at radius 3 is 2.75 bits per heavy atom. The van der Waals surface area contributed by atoms with E-state index >= 15 is 0 Å². The number of aliphatic hydroxyl groups is 1. The third-order valence-electron chi connectivity index (χ3n) is 5.87. The largest absolute Gasteiger partial charge is 0.503 e. The minimum absolute atomic E-state index is 0.0894. The average molecular weight is 435 g/mol. The lowest BCUT2D eigenvalue weighted by Crippen LogP contribution is -2.34. The van der Waals surface area contributed by atoms with Gasteiger partial charge < -0.3 is 24.0 Å². The number of anilines is 1. The third-order valence-corrected chi connectivity index (χ3v) is 5.87. The molecule has 2 N–H and O–H groups in total. The normalized spacial score (nSPS) is 20.0. The van der Waals surface area contributed by atoms with Crippen LogP contribution in [0.4, 0.5) is 5.95 Å². The molecule has 0 fully saturated rings. The van der Waals surface area contributed by atoms with Crippen LogP contribution in [0.25, 0.3) is 0 Å². The van der Waals surface area contributed by atoms with Gasteiger partial charge in [0.15, 0.2) is 23.4 Å². The van der Waals surface area contributed by atoms with Crippen molar-refractivity contribution >= 4 is 17.6 Å². The highest BCUT2D eigenvalue weighted by Gasteiger charge is 2.49. The lowest BCUT2D eigenvalue weighted by molar-refractivity contribution is -0.122. The number of methoxy groups -OCH3 is 1. The molecular formula is C23H21N3O6. The number of ether oxygens (including phenoxy) is 2. The number of rotatable bonds is 5. The molecule has 0 bridgehead atoms. The van der Waals surface area contributed by atoms with Gasteiger partial charge in [0, 0.05) is 17.7 Å². The number of hydrogen-bond donors (Lipinski definition) is 2. The second-order valence-corrected chi connectivity index (χ2v) is 7.75. The molecule has 3 aromatic rings. The molecule has 9 heteroatoms. The van der Waals surface area contributed by atoms with Gasteiger partial charge >= 0.3 is 0 Å². The van der Waals surface area contributed by atoms with E-state index in [1.165, 1.54) is 18.3 Å². The standard InChI is InChI=1S/C23H21N3O6/c1-11-12(2)25-23(24-11)26-18(14-8-5-9-31-14)17(20(28)22(26)29)19(27)16-10-13-6-4-7-15(30-3)21(13)32-16/h4-9,16,18,28H,10H2,1-3H3,(H,24,25). The fourth-order valence-electron chi connectivity index (χ4n) is 4.15. The summed E-state index contributed by atoms with van der Waals surface area (Å²) in [5.41, 5.74) is 2.20. The second-order valence-electron chi connectivity index (χ2n) is 7.75. The maximum absolute atomic E-state index is 13.6. The monoisotopic (exact) mass is 435 g/mol. The fourth-order valence-corrected chi connectivity index (χ4v) is 4.15. The van der Waals surface area contributed by atoms with Gasteiger partial charge in [-0.25, -0.2) is 4.98 Å². The molecule has 1 amide bonds. The van der Waals surface area contributed by atoms with Gasteiger partial charge in [0.05, 0.1) is 24.6 Å². The van der Waals surface area contributed by atoms with Crippen LogP contribution in [0.15, 0.2) is 52.3 Å². The van der Waals surface area contributed by atoms with E-state index in [9.17, 15) is 14.7 Å². The number of aromatic nitrogens is 2. The maximum Gasteiger partial charge on any atom is 0.296 e. The van der Waals surface area contributed by atoms with Gasteiger partial charge in [0.2, 0.25) is 11.7 Å². The summed E-state index contributed by atoms with van der Waals surface area (Å²) in [5.74, 6) is -0.335. The van der Waals surface area contributed by atoms with Gasteiger partial charge in [-0.05, 0) is 32.0 Å². The van der Waals surface area contributed by atoms with Gasteiger partial charge in [0.1, 0.15) is 11.8 Å². The van der Waals surface area contributed by atoms with E-state index in [1.807, 2.05) is 19.1 Å². The summed E-state index contributed by atoms with van der Waals surface area (Å²) < 4.78 is 16.8. The zero-order valence-corrected chi connectivity index (χ0v) is 17.7. The Morgan fingerprint density at radius 2 is 2.09 bits per heavy atom. The fraction of sp³-hybridized carbons (Fsp3) is 0.261. The number of ketones is 1. The number of carbonyl (C=O) groups is 2. The SMILES string of the molecule is COc1cccc2c1OC(C(=O)C1=C(O)C(=O)N(c3nc(C)c(C)[nH]3)C1c1ccco1)C2. The molecule has 2 atom stereocenters. The highest BCUT2D eigenvalue weighted by molar-refractivity contribution is 6.17. The summed E-state index contributed by atoms with van der Waals surface area (Å²) in [6, 6.07) is 7.73. The Bertz CT molecular complexity index is 1240. The molecule has 0 radical (unpaired) electrons. The molecule has 0 saturated carbocycles. The Kier molecular flexibility index (Phi) is 4.54. The molecular weight excluding hydrogens is 414 g/mol. The number of aromatic amines is 1. The first-order chi connectivity index (χ1) is 15.4. The number of para-hydroxylation sites is 1. The van der Waals surface area contributed by atoms with E-state index in [2.05, 4.69) is 9.97 Å². The quantitative estimate of drug-likeness (QED) is 0.632. The number of carbonyl (C=O) groups excluding carboxylic acids is 2. The predicted octanol–water partition coefficient (Wildman–Crippen LogP) is 3.10. The number of aliphatic hydroxyl groups excluding tert-OH is 1. The Hall–Kier alpha value is -4.01. The van der Waals surface area contributed by atoms with Crippen LogP contribution < -0.4 is 14.4 Å². The number of aryl methyl sites for hydroxylation is 2. The molecule has 2 aliphatic rings. The number of Topliss-reactive ketones (excluding diaryl/α,β-unsaturated/α-hetero) is 1. The van der Waals surface area contributed by atoms with E-state index in [0.717, 1.165) is 11.3 Å². The molecule has 5 rings (SSSR count). The summed E-state index contributed by atoms with van der Waals surface area (Å²) in [7, 11) is 1.52. The van der Waals surface area contributed by atoms with Crippen molar-refractivity contribution in [1.29, 1.82) is 0 Å². The molecule has 2 aromatic heterocycles. The van der Waals surface area contributed by atoms with E-state index in [1.54, 1.807) is 25.1 Å². The Labute approximate surface area is 183 Å². The van der Waals surface area contributed by atoms with Crippen molar-refractivity contribution in [3.8, 4) is 11.5 Å². The molecule has 0 saturated heterocycles. The van der Waals surface area contributed by atoms with Gasteiger partial charge in [-0.1, -0.05) is 12.1 Å². The third kappa shape index (κ3) is 2.89. The predicted molar refractivity (Wildman–Crippen MR) is 113 cm³/mol. The highest BCUT2D eigenvalue weighted by atomic mass is 16.5. The lowest BCUT2D eigenvalue weighted by Gasteiger charge is -2.23. The number of nitrogens with zero attached hydrogens (tertiary/aromatic N) is 2. The minimum Gasteiger partial charge on any atom is -0.503 e. The van der Waals surface area contributed by atoms with Crippen molar-refractivity contribution < 1.29 is 28.6 Å². The van der Waals surface area contributed by atoms with E-state index in [-0.39, 0.29) is 11.5 Å². The first-order valence-corrected chi connectivity index (χ1v) is 10.1. The Balaban J connectivity index is 1.55. The molecule has 0 aliphatic carbocycles. The first-order valence-electron chi connectivity index (χ1n) is 10.1. The van der Waals surface area contributed by atoms with Crippen LogP contribution in [0.3, 0.4) is 0 Å². The summed E-state index contributed by atoms with van der Waals surface area (Å²) in [6.07, 6.45) is 0.824. The minimum atomic E-state index is -0.982. The van der Waals surface area contributed by atoms with Crippen molar-refractivity contribution in [3.63, 3.8) is 0 Å². The lowest BCUT2D eigenvalue weighted by atomic mass is 9.95. The average Bonchev–Trinajstić information content (AvgIpc) is 3.55. The summed E-state index contributed by atoms with van der Waals surface area (Å²) in [6.45, 7) is 3.62. The molecule has 9 nitrogen and oxygen atoms in total. The number of amides is 1. The second kappa shape index (κ2) is 7.30. The topological polar surface area (TPSA) is 118 Å². The number of benzene rings is 1. The number of furan rings is 1. The molecule has 4 heterocycles. The van der Waals surface area contributed by atoms with E-state index in [0.29, 0.717) is 29.4 Å². The molecule has 164 valence electrons. The van der Waals surface area contributed by atoms with Crippen LogP contribution in [-0.4, -0.2) is 40.0 Å². The van der Waals surface area contributed by atoms with Crippen LogP contribution in [0.5, 0.6) is 11.5 Å². The summed E-state index contributed by atoms with van der Waals surface area (Å²) >= 11 is 0.